The number of nitrogens with one attached hydrogen (secondary N) is 2. The van der Waals surface area contributed by atoms with Crippen molar-refractivity contribution in [3.63, 3.8) is 0 Å². The molecule has 2 N–H and O–H groups in total. The van der Waals surface area contributed by atoms with E-state index in [4.69, 9.17) is 0 Å². The zero-order valence-electron chi connectivity index (χ0n) is 17.1. The van der Waals surface area contributed by atoms with E-state index < -0.39 is 6.03 Å². The highest BCUT2D eigenvalue weighted by molar-refractivity contribution is 5.97. The molecule has 0 aromatic carbocycles. The molecule has 150 valence electrons. The van der Waals surface area contributed by atoms with Gasteiger partial charge in [0.25, 0.3) is 0 Å². The Kier molecular flexibility index (Phi) is 7.89. The summed E-state index contributed by atoms with van der Waals surface area (Å²) in [6, 6.07) is -0.676. The monoisotopic (exact) mass is 366 g/mol. The summed E-state index contributed by atoms with van der Waals surface area (Å²) in [4.78, 5) is 29.1. The average Bonchev–Trinajstić information content (AvgIpc) is 2.81. The van der Waals surface area contributed by atoms with Crippen LogP contribution in [-0.2, 0) is 4.79 Å². The lowest BCUT2D eigenvalue weighted by molar-refractivity contribution is -0.125. The zero-order chi connectivity index (χ0) is 19.2. The molecule has 0 aromatic heterocycles. The Morgan fingerprint density at radius 2 is 1.58 bits per heavy atom. The fourth-order valence-electron chi connectivity index (χ4n) is 3.96. The summed E-state index contributed by atoms with van der Waals surface area (Å²) >= 11 is 0. The van der Waals surface area contributed by atoms with Crippen molar-refractivity contribution in [1.82, 2.24) is 20.4 Å². The zero-order valence-corrected chi connectivity index (χ0v) is 17.1. The molecular formula is C20H38N4O2. The number of nitrogens with zero attached hydrogens (tertiary/aromatic N) is 2. The van der Waals surface area contributed by atoms with Gasteiger partial charge < -0.3 is 10.2 Å². The van der Waals surface area contributed by atoms with Crippen LogP contribution in [0.25, 0.3) is 0 Å². The number of carbonyl (C=O) groups is 2. The summed E-state index contributed by atoms with van der Waals surface area (Å²) in [7, 11) is 0. The molecule has 1 unspecified atom stereocenters. The molecule has 0 aromatic rings. The molecule has 2 rings (SSSR count). The van der Waals surface area contributed by atoms with E-state index in [1.807, 2.05) is 27.7 Å². The smallest absolute Gasteiger partial charge is 0.321 e. The largest absolute Gasteiger partial charge is 0.333 e. The summed E-state index contributed by atoms with van der Waals surface area (Å²) in [5.41, 5.74) is -0.348. The molecule has 2 fully saturated rings. The first-order valence-corrected chi connectivity index (χ1v) is 10.3. The second kappa shape index (κ2) is 9.70. The van der Waals surface area contributed by atoms with Crippen molar-refractivity contribution in [2.75, 3.05) is 32.7 Å². The van der Waals surface area contributed by atoms with Gasteiger partial charge in [-0.25, -0.2) is 4.79 Å². The van der Waals surface area contributed by atoms with E-state index in [0.29, 0.717) is 0 Å². The molecule has 3 amide bonds. The summed E-state index contributed by atoms with van der Waals surface area (Å²) < 4.78 is 0. The summed E-state index contributed by atoms with van der Waals surface area (Å²) in [6.45, 7) is 13.2. The summed E-state index contributed by atoms with van der Waals surface area (Å²) in [5.74, 6) is 0.529. The predicted molar refractivity (Wildman–Crippen MR) is 105 cm³/mol. The number of amides is 3. The van der Waals surface area contributed by atoms with Gasteiger partial charge in [0.2, 0.25) is 5.91 Å². The Hall–Kier alpha value is -1.14. The van der Waals surface area contributed by atoms with Gasteiger partial charge >= 0.3 is 6.03 Å². The molecule has 0 aliphatic carbocycles. The van der Waals surface area contributed by atoms with E-state index in [1.54, 1.807) is 0 Å². The van der Waals surface area contributed by atoms with Crippen molar-refractivity contribution in [2.45, 2.75) is 77.8 Å². The maximum absolute atomic E-state index is 12.4. The average molecular weight is 367 g/mol. The van der Waals surface area contributed by atoms with Crippen LogP contribution in [0.15, 0.2) is 0 Å². The number of urea groups is 1. The molecule has 26 heavy (non-hydrogen) atoms. The van der Waals surface area contributed by atoms with E-state index in [1.165, 1.54) is 45.3 Å². The van der Waals surface area contributed by atoms with Gasteiger partial charge in [-0.1, -0.05) is 12.8 Å². The van der Waals surface area contributed by atoms with Crippen LogP contribution in [0, 0.1) is 5.92 Å². The van der Waals surface area contributed by atoms with Crippen LogP contribution < -0.4 is 10.6 Å². The lowest BCUT2D eigenvalue weighted by atomic mass is 9.95. The number of imide groups is 1. The highest BCUT2D eigenvalue weighted by Gasteiger charge is 2.28. The SMILES string of the molecule is CC(C(=O)NC(=O)NC(C)(C)C)N1CCC(CN2CCCCCC2)CC1. The van der Waals surface area contributed by atoms with Crippen LogP contribution in [0.4, 0.5) is 4.79 Å². The Bertz CT molecular complexity index is 459. The number of carbonyl (C=O) groups excluding carboxylic acids is 2. The van der Waals surface area contributed by atoms with Crippen LogP contribution in [0.1, 0.15) is 66.2 Å². The van der Waals surface area contributed by atoms with E-state index >= 15 is 0 Å². The lowest BCUT2D eigenvalue weighted by Gasteiger charge is -2.37. The van der Waals surface area contributed by atoms with Crippen molar-refractivity contribution < 1.29 is 9.59 Å². The van der Waals surface area contributed by atoms with Crippen LogP contribution in [0.2, 0.25) is 0 Å². The number of hydrogen-bond donors (Lipinski definition) is 2. The summed E-state index contributed by atoms with van der Waals surface area (Å²) in [5, 5.41) is 5.25. The maximum atomic E-state index is 12.4. The fraction of sp³-hybridized carbons (Fsp3) is 0.900. The van der Waals surface area contributed by atoms with Gasteiger partial charge in [-0.2, -0.15) is 0 Å². The number of piperidine rings is 1. The first-order chi connectivity index (χ1) is 12.2. The molecule has 2 aliphatic rings. The van der Waals surface area contributed by atoms with Crippen molar-refractivity contribution in [3.05, 3.63) is 0 Å². The molecule has 0 radical (unpaired) electrons. The minimum absolute atomic E-state index is 0.210. The Labute approximate surface area is 159 Å². The summed E-state index contributed by atoms with van der Waals surface area (Å²) in [6.07, 6.45) is 7.72. The molecule has 2 aliphatic heterocycles. The van der Waals surface area contributed by atoms with Crippen LogP contribution >= 0.6 is 0 Å². The quantitative estimate of drug-likeness (QED) is 0.803. The van der Waals surface area contributed by atoms with Gasteiger partial charge in [0.05, 0.1) is 6.04 Å². The van der Waals surface area contributed by atoms with Crippen LogP contribution in [0.3, 0.4) is 0 Å². The highest BCUT2D eigenvalue weighted by Crippen LogP contribution is 2.21. The number of rotatable bonds is 4. The van der Waals surface area contributed by atoms with E-state index in [9.17, 15) is 9.59 Å². The molecular weight excluding hydrogens is 328 g/mol. The third-order valence-corrected chi connectivity index (χ3v) is 5.52. The molecule has 0 spiro atoms. The Morgan fingerprint density at radius 1 is 1.00 bits per heavy atom. The fourth-order valence-corrected chi connectivity index (χ4v) is 3.96. The normalized spacial score (nSPS) is 22.5. The minimum atomic E-state index is -0.412. The Morgan fingerprint density at radius 3 is 2.12 bits per heavy atom. The first-order valence-electron chi connectivity index (χ1n) is 10.3. The van der Waals surface area contributed by atoms with Crippen molar-refractivity contribution in [3.8, 4) is 0 Å². The molecule has 0 bridgehead atoms. The van der Waals surface area contributed by atoms with Crippen LogP contribution in [0.5, 0.6) is 0 Å². The first kappa shape index (κ1) is 21.2. The lowest BCUT2D eigenvalue weighted by Crippen LogP contribution is -2.54. The van der Waals surface area contributed by atoms with Gasteiger partial charge in [-0.3, -0.25) is 15.0 Å². The minimum Gasteiger partial charge on any atom is -0.333 e. The second-order valence-corrected chi connectivity index (χ2v) is 9.06. The maximum Gasteiger partial charge on any atom is 0.321 e. The molecule has 6 heteroatoms. The van der Waals surface area contributed by atoms with Crippen LogP contribution in [-0.4, -0.2) is 66.0 Å². The second-order valence-electron chi connectivity index (χ2n) is 9.06. The van der Waals surface area contributed by atoms with E-state index in [-0.39, 0.29) is 17.5 Å². The number of hydrogen-bond acceptors (Lipinski definition) is 4. The third-order valence-electron chi connectivity index (χ3n) is 5.52. The van der Waals surface area contributed by atoms with Gasteiger partial charge in [-0.05, 0) is 85.5 Å². The predicted octanol–water partition coefficient (Wildman–Crippen LogP) is 2.59. The molecule has 1 atom stereocenters. The van der Waals surface area contributed by atoms with Gasteiger partial charge in [0, 0.05) is 12.1 Å². The van der Waals surface area contributed by atoms with Crippen molar-refractivity contribution >= 4 is 11.9 Å². The Balaban J connectivity index is 1.72. The topological polar surface area (TPSA) is 64.7 Å². The molecule has 0 saturated carbocycles. The molecule has 6 nitrogen and oxygen atoms in total. The van der Waals surface area contributed by atoms with Crippen molar-refractivity contribution in [2.24, 2.45) is 5.92 Å². The van der Waals surface area contributed by atoms with E-state index in [0.717, 1.165) is 31.8 Å². The highest BCUT2D eigenvalue weighted by atomic mass is 16.2. The number of likely N-dealkylation sites (tertiary alicyclic amines) is 2. The third kappa shape index (κ3) is 7.23. The van der Waals surface area contributed by atoms with Gasteiger partial charge in [-0.15, -0.1) is 0 Å². The molecule has 2 saturated heterocycles. The molecule has 2 heterocycles. The van der Waals surface area contributed by atoms with Gasteiger partial charge in [0.1, 0.15) is 0 Å². The van der Waals surface area contributed by atoms with Gasteiger partial charge in [0.15, 0.2) is 0 Å². The van der Waals surface area contributed by atoms with Crippen molar-refractivity contribution in [1.29, 1.82) is 0 Å². The standard InChI is InChI=1S/C20H38N4O2/c1-16(18(25)21-19(26)22-20(2,3)4)24-13-9-17(10-14-24)15-23-11-7-5-6-8-12-23/h16-17H,5-15H2,1-4H3,(H2,21,22,25,26). The van der Waals surface area contributed by atoms with E-state index in [2.05, 4.69) is 20.4 Å².